The number of aromatic amines is 1. The van der Waals surface area contributed by atoms with E-state index in [0.717, 1.165) is 41.4 Å². The summed E-state index contributed by atoms with van der Waals surface area (Å²) < 4.78 is 5.82. The van der Waals surface area contributed by atoms with Crippen LogP contribution in [0.2, 0.25) is 0 Å². The number of para-hydroxylation sites is 2. The van der Waals surface area contributed by atoms with E-state index in [1.54, 1.807) is 0 Å². The van der Waals surface area contributed by atoms with E-state index in [0.29, 0.717) is 6.42 Å². The Morgan fingerprint density at radius 3 is 2.60 bits per heavy atom. The van der Waals surface area contributed by atoms with E-state index in [2.05, 4.69) is 40.3 Å². The average Bonchev–Trinajstić information content (AvgIpc) is 2.86. The first-order chi connectivity index (χ1) is 11.9. The van der Waals surface area contributed by atoms with Gasteiger partial charge in [-0.2, -0.15) is 5.10 Å². The number of nitrogens with one attached hydrogen (secondary N) is 2. The maximum atomic E-state index is 12.6. The highest BCUT2D eigenvalue weighted by atomic mass is 16.5. The van der Waals surface area contributed by atoms with Crippen molar-refractivity contribution in [1.82, 2.24) is 10.2 Å². The fourth-order valence-corrected chi connectivity index (χ4v) is 3.42. The first-order valence-electron chi connectivity index (χ1n) is 8.73. The molecule has 2 heterocycles. The zero-order valence-electron chi connectivity index (χ0n) is 15.3. The van der Waals surface area contributed by atoms with Gasteiger partial charge >= 0.3 is 0 Å². The van der Waals surface area contributed by atoms with Crippen LogP contribution in [0.25, 0.3) is 0 Å². The Morgan fingerprint density at radius 1 is 1.28 bits per heavy atom. The summed E-state index contributed by atoms with van der Waals surface area (Å²) in [6.45, 7) is 9.64. The monoisotopic (exact) mass is 342 g/mol. The molecule has 1 aliphatic rings. The van der Waals surface area contributed by atoms with Gasteiger partial charge < -0.3 is 15.0 Å². The van der Waals surface area contributed by atoms with Crippen molar-refractivity contribution in [2.75, 3.05) is 23.3 Å². The molecule has 2 N–H and O–H groups in total. The van der Waals surface area contributed by atoms with Gasteiger partial charge in [-0.25, -0.2) is 0 Å². The molecule has 1 aromatic carbocycles. The molecule has 6 heteroatoms. The predicted octanol–water partition coefficient (Wildman–Crippen LogP) is 2.82. The van der Waals surface area contributed by atoms with E-state index < -0.39 is 0 Å². The number of carbonyl (C=O) groups is 1. The fourth-order valence-electron chi connectivity index (χ4n) is 3.42. The maximum Gasteiger partial charge on any atom is 0.228 e. The van der Waals surface area contributed by atoms with Crippen molar-refractivity contribution < 1.29 is 9.53 Å². The van der Waals surface area contributed by atoms with Crippen molar-refractivity contribution in [2.45, 2.75) is 46.3 Å². The summed E-state index contributed by atoms with van der Waals surface area (Å²) >= 11 is 0. The molecule has 0 saturated carbocycles. The van der Waals surface area contributed by atoms with E-state index in [4.69, 9.17) is 4.74 Å². The van der Waals surface area contributed by atoms with Crippen LogP contribution >= 0.6 is 0 Å². The van der Waals surface area contributed by atoms with E-state index in [1.807, 2.05) is 32.0 Å². The molecule has 25 heavy (non-hydrogen) atoms. The average molecular weight is 342 g/mol. The summed E-state index contributed by atoms with van der Waals surface area (Å²) in [4.78, 5) is 14.8. The van der Waals surface area contributed by atoms with Gasteiger partial charge in [0.1, 0.15) is 0 Å². The standard InChI is InChI=1S/C19H26N4O2/c1-12-10-23(11-13(2)25-12)18-8-6-5-7-17(18)20-19(24)9-16-14(3)21-22-15(16)4/h5-8,12-13H,9-11H2,1-4H3,(H,20,24)(H,21,22)/t12-,13+. The van der Waals surface area contributed by atoms with Crippen LogP contribution < -0.4 is 10.2 Å². The van der Waals surface area contributed by atoms with E-state index >= 15 is 0 Å². The second-order valence-electron chi connectivity index (χ2n) is 6.82. The molecule has 1 saturated heterocycles. The van der Waals surface area contributed by atoms with Gasteiger partial charge in [0.25, 0.3) is 0 Å². The van der Waals surface area contributed by atoms with Crippen LogP contribution in [0.3, 0.4) is 0 Å². The Kier molecular flexibility index (Phi) is 5.08. The number of hydrogen-bond acceptors (Lipinski definition) is 4. The van der Waals surface area contributed by atoms with Gasteiger partial charge in [0.05, 0.1) is 35.7 Å². The number of morpholine rings is 1. The lowest BCUT2D eigenvalue weighted by Gasteiger charge is -2.37. The Balaban J connectivity index is 1.76. The van der Waals surface area contributed by atoms with Crippen molar-refractivity contribution in [3.63, 3.8) is 0 Å². The van der Waals surface area contributed by atoms with Gasteiger partial charge in [0.15, 0.2) is 0 Å². The second-order valence-corrected chi connectivity index (χ2v) is 6.82. The predicted molar refractivity (Wildman–Crippen MR) is 99.1 cm³/mol. The smallest absolute Gasteiger partial charge is 0.228 e. The number of aromatic nitrogens is 2. The van der Waals surface area contributed by atoms with E-state index in [1.165, 1.54) is 0 Å². The Bertz CT molecular complexity index is 726. The molecule has 2 atom stereocenters. The molecule has 1 amide bonds. The molecule has 3 rings (SSSR count). The third-order valence-electron chi connectivity index (χ3n) is 4.56. The van der Waals surface area contributed by atoms with Crippen LogP contribution in [-0.2, 0) is 16.0 Å². The van der Waals surface area contributed by atoms with Gasteiger partial charge in [0, 0.05) is 24.3 Å². The normalized spacial score (nSPS) is 20.6. The molecule has 0 bridgehead atoms. The quantitative estimate of drug-likeness (QED) is 0.896. The highest BCUT2D eigenvalue weighted by molar-refractivity contribution is 5.95. The number of rotatable bonds is 4. The number of hydrogen-bond donors (Lipinski definition) is 2. The van der Waals surface area contributed by atoms with Crippen molar-refractivity contribution in [2.24, 2.45) is 0 Å². The molecule has 0 spiro atoms. The molecular weight excluding hydrogens is 316 g/mol. The highest BCUT2D eigenvalue weighted by Crippen LogP contribution is 2.28. The Labute approximate surface area is 148 Å². The molecule has 6 nitrogen and oxygen atoms in total. The number of carbonyl (C=O) groups excluding carboxylic acids is 1. The second kappa shape index (κ2) is 7.27. The van der Waals surface area contributed by atoms with Crippen molar-refractivity contribution >= 4 is 17.3 Å². The van der Waals surface area contributed by atoms with Gasteiger partial charge in [-0.05, 0) is 39.8 Å². The summed E-state index contributed by atoms with van der Waals surface area (Å²) in [5, 5.41) is 10.2. The van der Waals surface area contributed by atoms with Crippen LogP contribution in [0.4, 0.5) is 11.4 Å². The van der Waals surface area contributed by atoms with Crippen molar-refractivity contribution in [3.8, 4) is 0 Å². The van der Waals surface area contributed by atoms with Gasteiger partial charge in [-0.3, -0.25) is 9.89 Å². The lowest BCUT2D eigenvalue weighted by molar-refractivity contribution is -0.115. The number of benzene rings is 1. The Morgan fingerprint density at radius 2 is 1.96 bits per heavy atom. The minimum Gasteiger partial charge on any atom is -0.372 e. The third-order valence-corrected chi connectivity index (χ3v) is 4.56. The van der Waals surface area contributed by atoms with Crippen molar-refractivity contribution in [1.29, 1.82) is 0 Å². The summed E-state index contributed by atoms with van der Waals surface area (Å²) in [5.41, 5.74) is 4.66. The van der Waals surface area contributed by atoms with Crippen LogP contribution in [0.15, 0.2) is 24.3 Å². The van der Waals surface area contributed by atoms with Crippen LogP contribution in [0.1, 0.15) is 30.8 Å². The van der Waals surface area contributed by atoms with E-state index in [-0.39, 0.29) is 18.1 Å². The number of H-pyrrole nitrogens is 1. The topological polar surface area (TPSA) is 70.2 Å². The van der Waals surface area contributed by atoms with Gasteiger partial charge in [0.2, 0.25) is 5.91 Å². The molecule has 1 aromatic heterocycles. The largest absolute Gasteiger partial charge is 0.372 e. The first kappa shape index (κ1) is 17.5. The molecule has 0 unspecified atom stereocenters. The SMILES string of the molecule is Cc1n[nH]c(C)c1CC(=O)Nc1ccccc1N1C[C@@H](C)O[C@@H](C)C1. The van der Waals surface area contributed by atoms with Crippen molar-refractivity contribution in [3.05, 3.63) is 41.2 Å². The van der Waals surface area contributed by atoms with Gasteiger partial charge in [-0.1, -0.05) is 12.1 Å². The molecule has 2 aromatic rings. The molecule has 0 aliphatic carbocycles. The molecule has 1 aliphatic heterocycles. The molecular formula is C19H26N4O2. The molecule has 134 valence electrons. The Hall–Kier alpha value is -2.34. The number of anilines is 2. The van der Waals surface area contributed by atoms with E-state index in [9.17, 15) is 4.79 Å². The van der Waals surface area contributed by atoms with Crippen LogP contribution in [-0.4, -0.2) is 41.4 Å². The lowest BCUT2D eigenvalue weighted by atomic mass is 10.1. The minimum absolute atomic E-state index is 0.0330. The first-order valence-corrected chi connectivity index (χ1v) is 8.73. The summed E-state index contributed by atoms with van der Waals surface area (Å²) in [7, 11) is 0. The summed E-state index contributed by atoms with van der Waals surface area (Å²) in [6, 6.07) is 7.95. The molecule has 1 fully saturated rings. The zero-order chi connectivity index (χ0) is 18.0. The van der Waals surface area contributed by atoms with Crippen LogP contribution in [0, 0.1) is 13.8 Å². The minimum atomic E-state index is -0.0330. The van der Waals surface area contributed by atoms with Gasteiger partial charge in [-0.15, -0.1) is 0 Å². The number of nitrogens with zero attached hydrogens (tertiary/aromatic N) is 2. The maximum absolute atomic E-state index is 12.6. The summed E-state index contributed by atoms with van der Waals surface area (Å²) in [6.07, 6.45) is 0.658. The number of amides is 1. The zero-order valence-corrected chi connectivity index (χ0v) is 15.3. The number of ether oxygens (including phenoxy) is 1. The fraction of sp³-hybridized carbons (Fsp3) is 0.474. The lowest BCUT2D eigenvalue weighted by Crippen LogP contribution is -2.45. The number of aryl methyl sites for hydroxylation is 2. The summed E-state index contributed by atoms with van der Waals surface area (Å²) in [5.74, 6) is -0.0330. The third kappa shape index (κ3) is 4.02. The highest BCUT2D eigenvalue weighted by Gasteiger charge is 2.24. The molecule has 0 radical (unpaired) electrons. The van der Waals surface area contributed by atoms with Crippen LogP contribution in [0.5, 0.6) is 0 Å².